The second-order valence-electron chi connectivity index (χ2n) is 4.50. The van der Waals surface area contributed by atoms with Crippen molar-refractivity contribution in [3.63, 3.8) is 0 Å². The lowest BCUT2D eigenvalue weighted by molar-refractivity contribution is -0.139. The van der Waals surface area contributed by atoms with Crippen molar-refractivity contribution in [1.29, 1.82) is 0 Å². The van der Waals surface area contributed by atoms with E-state index in [1.807, 2.05) is 0 Å². The van der Waals surface area contributed by atoms with Crippen LogP contribution in [-0.2, 0) is 4.79 Å². The van der Waals surface area contributed by atoms with E-state index in [0.29, 0.717) is 13.1 Å². The number of likely N-dealkylation sites (tertiary alicyclic amines) is 1. The van der Waals surface area contributed by atoms with Gasteiger partial charge < -0.3 is 20.4 Å². The smallest absolute Gasteiger partial charge is 0.326 e. The summed E-state index contributed by atoms with van der Waals surface area (Å²) in [6.45, 7) is 4.60. The molecule has 3 N–H and O–H groups in total. The summed E-state index contributed by atoms with van der Waals surface area (Å²) in [6.07, 6.45) is 3.39. The second-order valence-corrected chi connectivity index (χ2v) is 4.50. The summed E-state index contributed by atoms with van der Waals surface area (Å²) in [7, 11) is 0. The number of nitrogens with zero attached hydrogens (tertiary/aromatic N) is 1. The maximum Gasteiger partial charge on any atom is 0.326 e. The maximum absolute atomic E-state index is 11.9. The molecular weight excluding hydrogens is 236 g/mol. The van der Waals surface area contributed by atoms with Gasteiger partial charge >= 0.3 is 12.0 Å². The number of rotatable bonds is 5. The second kappa shape index (κ2) is 7.00. The molecule has 0 aromatic rings. The van der Waals surface area contributed by atoms with Crippen LogP contribution in [0.25, 0.3) is 0 Å². The van der Waals surface area contributed by atoms with Gasteiger partial charge in [-0.15, -0.1) is 6.58 Å². The zero-order valence-corrected chi connectivity index (χ0v) is 10.3. The molecular formula is C12H20N2O4. The van der Waals surface area contributed by atoms with Gasteiger partial charge in [0, 0.05) is 19.7 Å². The summed E-state index contributed by atoms with van der Waals surface area (Å²) in [6, 6.07) is -1.33. The van der Waals surface area contributed by atoms with Crippen LogP contribution in [0.3, 0.4) is 0 Å². The van der Waals surface area contributed by atoms with E-state index >= 15 is 0 Å². The van der Waals surface area contributed by atoms with Crippen molar-refractivity contribution in [3.05, 3.63) is 12.7 Å². The third-order valence-corrected chi connectivity index (χ3v) is 3.06. The number of hydrogen-bond acceptors (Lipinski definition) is 3. The molecule has 0 aromatic heterocycles. The predicted molar refractivity (Wildman–Crippen MR) is 66.2 cm³/mol. The van der Waals surface area contributed by atoms with Crippen LogP contribution in [0.4, 0.5) is 4.79 Å². The van der Waals surface area contributed by atoms with Crippen LogP contribution in [0.2, 0.25) is 0 Å². The lowest BCUT2D eigenvalue weighted by atomic mass is 9.99. The first-order valence-electron chi connectivity index (χ1n) is 6.08. The van der Waals surface area contributed by atoms with Gasteiger partial charge in [0.1, 0.15) is 6.04 Å². The van der Waals surface area contributed by atoms with Crippen LogP contribution in [0, 0.1) is 5.92 Å². The Labute approximate surface area is 106 Å². The molecule has 0 spiro atoms. The van der Waals surface area contributed by atoms with Gasteiger partial charge in [0.05, 0.1) is 0 Å². The Morgan fingerprint density at radius 2 is 2.28 bits per heavy atom. The number of hydrogen-bond donors (Lipinski definition) is 3. The number of aliphatic hydroxyl groups is 1. The zero-order chi connectivity index (χ0) is 13.5. The third kappa shape index (κ3) is 4.03. The van der Waals surface area contributed by atoms with Crippen molar-refractivity contribution in [2.45, 2.75) is 25.3 Å². The number of carbonyl (C=O) groups excluding carboxylic acids is 1. The van der Waals surface area contributed by atoms with E-state index in [9.17, 15) is 9.59 Å². The molecule has 2 atom stereocenters. The Morgan fingerprint density at radius 3 is 2.83 bits per heavy atom. The van der Waals surface area contributed by atoms with Gasteiger partial charge in [0.25, 0.3) is 0 Å². The van der Waals surface area contributed by atoms with E-state index in [4.69, 9.17) is 10.2 Å². The number of aliphatic hydroxyl groups excluding tert-OH is 1. The minimum atomic E-state index is -1.07. The van der Waals surface area contributed by atoms with Crippen molar-refractivity contribution in [2.24, 2.45) is 5.92 Å². The van der Waals surface area contributed by atoms with E-state index in [1.165, 1.54) is 6.08 Å². The molecule has 1 rings (SSSR count). The lowest BCUT2D eigenvalue weighted by Gasteiger charge is -2.32. The van der Waals surface area contributed by atoms with Crippen LogP contribution in [0.5, 0.6) is 0 Å². The van der Waals surface area contributed by atoms with Crippen LogP contribution in [-0.4, -0.2) is 52.9 Å². The summed E-state index contributed by atoms with van der Waals surface area (Å²) in [5, 5.41) is 20.5. The molecule has 2 amide bonds. The zero-order valence-electron chi connectivity index (χ0n) is 10.3. The largest absolute Gasteiger partial charge is 0.480 e. The molecule has 1 heterocycles. The van der Waals surface area contributed by atoms with E-state index < -0.39 is 12.0 Å². The molecule has 0 bridgehead atoms. The number of carboxylic acid groups (broad SMARTS) is 1. The Morgan fingerprint density at radius 1 is 1.56 bits per heavy atom. The monoisotopic (exact) mass is 256 g/mol. The molecule has 1 fully saturated rings. The van der Waals surface area contributed by atoms with E-state index in [0.717, 1.165) is 12.8 Å². The van der Waals surface area contributed by atoms with E-state index in [2.05, 4.69) is 11.9 Å². The first-order chi connectivity index (χ1) is 8.58. The van der Waals surface area contributed by atoms with Crippen molar-refractivity contribution in [1.82, 2.24) is 10.2 Å². The number of urea groups is 1. The number of amides is 2. The van der Waals surface area contributed by atoms with Crippen LogP contribution in [0.15, 0.2) is 12.7 Å². The fourth-order valence-corrected chi connectivity index (χ4v) is 2.03. The first kappa shape index (κ1) is 14.5. The highest BCUT2D eigenvalue weighted by molar-refractivity contribution is 5.82. The Kier molecular flexibility index (Phi) is 5.64. The standard InChI is InChI=1S/C12H20N2O4/c1-2-4-10(11(16)17)13-12(18)14-6-3-5-9(7-14)8-15/h2,9-10,15H,1,3-8H2,(H,13,18)(H,16,17). The summed E-state index contributed by atoms with van der Waals surface area (Å²) in [4.78, 5) is 24.4. The van der Waals surface area contributed by atoms with Gasteiger partial charge in [0.15, 0.2) is 0 Å². The minimum absolute atomic E-state index is 0.0544. The topological polar surface area (TPSA) is 89.9 Å². The van der Waals surface area contributed by atoms with Gasteiger partial charge in [-0.05, 0) is 25.2 Å². The Bertz CT molecular complexity index is 319. The molecule has 2 unspecified atom stereocenters. The van der Waals surface area contributed by atoms with Crippen LogP contribution < -0.4 is 5.32 Å². The van der Waals surface area contributed by atoms with Gasteiger partial charge in [-0.2, -0.15) is 0 Å². The lowest BCUT2D eigenvalue weighted by Crippen LogP contribution is -2.51. The molecule has 1 saturated heterocycles. The fourth-order valence-electron chi connectivity index (χ4n) is 2.03. The van der Waals surface area contributed by atoms with E-state index in [-0.39, 0.29) is 25.0 Å². The molecule has 0 aromatic carbocycles. The predicted octanol–water partition coefficient (Wildman–Crippen LogP) is 0.430. The Balaban J connectivity index is 2.52. The average molecular weight is 256 g/mol. The van der Waals surface area contributed by atoms with Gasteiger partial charge in [0.2, 0.25) is 0 Å². The van der Waals surface area contributed by atoms with E-state index in [1.54, 1.807) is 4.90 Å². The fraction of sp³-hybridized carbons (Fsp3) is 0.667. The molecule has 6 nitrogen and oxygen atoms in total. The molecule has 0 radical (unpaired) electrons. The number of piperidine rings is 1. The minimum Gasteiger partial charge on any atom is -0.480 e. The molecule has 1 aliphatic rings. The molecule has 18 heavy (non-hydrogen) atoms. The SMILES string of the molecule is C=CCC(NC(=O)N1CCCC(CO)C1)C(=O)O. The third-order valence-electron chi connectivity index (χ3n) is 3.06. The highest BCUT2D eigenvalue weighted by Gasteiger charge is 2.26. The number of nitrogens with one attached hydrogen (secondary N) is 1. The number of carboxylic acids is 1. The molecule has 6 heteroatoms. The molecule has 102 valence electrons. The number of aliphatic carboxylic acids is 1. The summed E-state index contributed by atoms with van der Waals surface area (Å²) < 4.78 is 0. The van der Waals surface area contributed by atoms with Crippen molar-refractivity contribution in [3.8, 4) is 0 Å². The van der Waals surface area contributed by atoms with Crippen molar-refractivity contribution >= 4 is 12.0 Å². The summed E-state index contributed by atoms with van der Waals surface area (Å²) in [5.74, 6) is -0.980. The maximum atomic E-state index is 11.9. The van der Waals surface area contributed by atoms with Gasteiger partial charge in [-0.25, -0.2) is 9.59 Å². The van der Waals surface area contributed by atoms with Crippen LogP contribution in [0.1, 0.15) is 19.3 Å². The Hall–Kier alpha value is -1.56. The molecule has 0 saturated carbocycles. The highest BCUT2D eigenvalue weighted by Crippen LogP contribution is 2.15. The summed E-state index contributed by atoms with van der Waals surface area (Å²) in [5.41, 5.74) is 0. The molecule has 1 aliphatic heterocycles. The van der Waals surface area contributed by atoms with Crippen molar-refractivity contribution < 1.29 is 19.8 Å². The average Bonchev–Trinajstić information content (AvgIpc) is 2.38. The normalized spacial score (nSPS) is 21.2. The highest BCUT2D eigenvalue weighted by atomic mass is 16.4. The first-order valence-corrected chi connectivity index (χ1v) is 6.08. The number of carbonyl (C=O) groups is 2. The molecule has 0 aliphatic carbocycles. The quantitative estimate of drug-likeness (QED) is 0.622. The van der Waals surface area contributed by atoms with Gasteiger partial charge in [-0.3, -0.25) is 0 Å². The van der Waals surface area contributed by atoms with Gasteiger partial charge in [-0.1, -0.05) is 6.08 Å². The summed E-state index contributed by atoms with van der Waals surface area (Å²) >= 11 is 0. The van der Waals surface area contributed by atoms with Crippen molar-refractivity contribution in [2.75, 3.05) is 19.7 Å². The van der Waals surface area contributed by atoms with Crippen LogP contribution >= 0.6 is 0 Å².